The van der Waals surface area contributed by atoms with E-state index < -0.39 is 0 Å². The van der Waals surface area contributed by atoms with Gasteiger partial charge in [0, 0.05) is 12.6 Å². The molecule has 0 radical (unpaired) electrons. The van der Waals surface area contributed by atoms with Gasteiger partial charge < -0.3 is 10.6 Å². The highest BCUT2D eigenvalue weighted by molar-refractivity contribution is 5.85. The first-order valence-electron chi connectivity index (χ1n) is 5.21. The maximum atomic E-state index is 11.5. The molecule has 0 spiro atoms. The van der Waals surface area contributed by atoms with Crippen molar-refractivity contribution in [1.82, 2.24) is 4.90 Å². The maximum absolute atomic E-state index is 11.5. The fraction of sp³-hybridized carbons (Fsp3) is 0.800. The van der Waals surface area contributed by atoms with Crippen LogP contribution in [0.3, 0.4) is 0 Å². The average Bonchev–Trinajstić information content (AvgIpc) is 2.51. The molecular formula is C10H17N3O. The molecule has 2 rings (SSSR count). The summed E-state index contributed by atoms with van der Waals surface area (Å²) in [5.41, 5.74) is 5.84. The van der Waals surface area contributed by atoms with E-state index in [4.69, 9.17) is 5.73 Å². The minimum Gasteiger partial charge on any atom is -0.370 e. The van der Waals surface area contributed by atoms with Crippen LogP contribution < -0.4 is 5.73 Å². The molecule has 3 atom stereocenters. The Kier molecular flexibility index (Phi) is 2.21. The number of nitrogens with zero attached hydrogens (tertiary/aromatic N) is 2. The van der Waals surface area contributed by atoms with Crippen LogP contribution in [0.2, 0.25) is 0 Å². The fourth-order valence-corrected chi connectivity index (χ4v) is 2.75. The van der Waals surface area contributed by atoms with Gasteiger partial charge in [-0.3, -0.25) is 4.79 Å². The van der Waals surface area contributed by atoms with Crippen molar-refractivity contribution in [2.75, 3.05) is 6.54 Å². The van der Waals surface area contributed by atoms with E-state index in [1.807, 2.05) is 6.92 Å². The Labute approximate surface area is 84.2 Å². The zero-order chi connectivity index (χ0) is 10.3. The maximum Gasteiger partial charge on any atom is 0.191 e. The molecule has 0 amide bonds. The quantitative estimate of drug-likeness (QED) is 0.657. The van der Waals surface area contributed by atoms with Crippen LogP contribution in [-0.4, -0.2) is 35.3 Å². The first-order valence-corrected chi connectivity index (χ1v) is 5.21. The van der Waals surface area contributed by atoms with Gasteiger partial charge in [-0.2, -0.15) is 0 Å². The summed E-state index contributed by atoms with van der Waals surface area (Å²) in [4.78, 5) is 17.9. The molecule has 1 saturated heterocycles. The number of fused-ring (bicyclic) bond motifs is 1. The molecule has 0 bridgehead atoms. The van der Waals surface area contributed by atoms with Crippen molar-refractivity contribution in [3.63, 3.8) is 0 Å². The number of Topliss-reactive ketones (excluding diaryl/α,β-unsaturated/α-hetero) is 1. The van der Waals surface area contributed by atoms with E-state index in [1.165, 1.54) is 0 Å². The molecule has 78 valence electrons. The topological polar surface area (TPSA) is 58.7 Å². The second kappa shape index (κ2) is 3.26. The van der Waals surface area contributed by atoms with E-state index >= 15 is 0 Å². The molecule has 2 aliphatic heterocycles. The summed E-state index contributed by atoms with van der Waals surface area (Å²) in [7, 11) is 0. The van der Waals surface area contributed by atoms with E-state index in [0.717, 1.165) is 19.4 Å². The molecule has 0 aromatic rings. The fourth-order valence-electron chi connectivity index (χ4n) is 2.75. The lowest BCUT2D eigenvalue weighted by Crippen LogP contribution is -2.53. The standard InChI is InChI=1S/C10H17N3O/c1-6-9(7(2)14)8-4-3-5-13(8)10(11)12-6/h6,8-9H,3-5H2,1-2H3,(H2,11,12). The van der Waals surface area contributed by atoms with Crippen LogP contribution in [0.5, 0.6) is 0 Å². The third-order valence-electron chi connectivity index (χ3n) is 3.33. The normalized spacial score (nSPS) is 36.6. The SMILES string of the molecule is CC(=O)C1C(C)N=C(N)N2CCCC12. The predicted molar refractivity (Wildman–Crippen MR) is 55.0 cm³/mol. The van der Waals surface area contributed by atoms with Crippen LogP contribution in [0.15, 0.2) is 4.99 Å². The zero-order valence-electron chi connectivity index (χ0n) is 8.73. The van der Waals surface area contributed by atoms with Gasteiger partial charge in [0.2, 0.25) is 0 Å². The minimum atomic E-state index is 0.0461. The molecule has 2 heterocycles. The third kappa shape index (κ3) is 1.29. The van der Waals surface area contributed by atoms with Crippen LogP contribution >= 0.6 is 0 Å². The molecule has 3 unspecified atom stereocenters. The molecule has 4 heteroatoms. The van der Waals surface area contributed by atoms with Crippen LogP contribution in [0.25, 0.3) is 0 Å². The van der Waals surface area contributed by atoms with Crippen molar-refractivity contribution in [2.45, 2.75) is 38.8 Å². The Bertz CT molecular complexity index is 287. The van der Waals surface area contributed by atoms with E-state index in [-0.39, 0.29) is 17.7 Å². The van der Waals surface area contributed by atoms with Crippen molar-refractivity contribution in [3.8, 4) is 0 Å². The van der Waals surface area contributed by atoms with Crippen molar-refractivity contribution in [2.24, 2.45) is 16.6 Å². The summed E-state index contributed by atoms with van der Waals surface area (Å²) in [6, 6.07) is 0.354. The number of carbonyl (C=O) groups excluding carboxylic acids is 1. The minimum absolute atomic E-state index is 0.0461. The number of hydrogen-bond donors (Lipinski definition) is 1. The van der Waals surface area contributed by atoms with Crippen LogP contribution in [-0.2, 0) is 4.79 Å². The van der Waals surface area contributed by atoms with E-state index in [0.29, 0.717) is 12.0 Å². The van der Waals surface area contributed by atoms with Gasteiger partial charge in [-0.15, -0.1) is 0 Å². The number of aliphatic imine (C=N–C) groups is 1. The van der Waals surface area contributed by atoms with Gasteiger partial charge in [0.15, 0.2) is 5.96 Å². The van der Waals surface area contributed by atoms with Crippen LogP contribution in [0, 0.1) is 5.92 Å². The number of carbonyl (C=O) groups is 1. The Morgan fingerprint density at radius 3 is 3.00 bits per heavy atom. The summed E-state index contributed by atoms with van der Waals surface area (Å²) < 4.78 is 0. The summed E-state index contributed by atoms with van der Waals surface area (Å²) in [6.45, 7) is 4.60. The molecule has 0 aromatic carbocycles. The monoisotopic (exact) mass is 195 g/mol. The summed E-state index contributed by atoms with van der Waals surface area (Å²) >= 11 is 0. The molecule has 2 aliphatic rings. The molecule has 14 heavy (non-hydrogen) atoms. The van der Waals surface area contributed by atoms with E-state index in [2.05, 4.69) is 9.89 Å². The third-order valence-corrected chi connectivity index (χ3v) is 3.33. The van der Waals surface area contributed by atoms with E-state index in [1.54, 1.807) is 6.92 Å². The lowest BCUT2D eigenvalue weighted by molar-refractivity contribution is -0.123. The number of nitrogens with two attached hydrogens (primary N) is 1. The van der Waals surface area contributed by atoms with Gasteiger partial charge in [0.1, 0.15) is 5.78 Å². The van der Waals surface area contributed by atoms with Gasteiger partial charge in [0.25, 0.3) is 0 Å². The van der Waals surface area contributed by atoms with E-state index in [9.17, 15) is 4.79 Å². The molecule has 4 nitrogen and oxygen atoms in total. The molecule has 2 N–H and O–H groups in total. The van der Waals surface area contributed by atoms with Crippen LogP contribution in [0.1, 0.15) is 26.7 Å². The Balaban J connectivity index is 2.31. The van der Waals surface area contributed by atoms with Crippen molar-refractivity contribution in [3.05, 3.63) is 0 Å². The molecule has 1 fully saturated rings. The largest absolute Gasteiger partial charge is 0.370 e. The number of rotatable bonds is 1. The molecule has 0 aliphatic carbocycles. The Morgan fingerprint density at radius 2 is 2.36 bits per heavy atom. The van der Waals surface area contributed by atoms with Gasteiger partial charge in [-0.1, -0.05) is 0 Å². The van der Waals surface area contributed by atoms with Crippen LogP contribution in [0.4, 0.5) is 0 Å². The zero-order valence-corrected chi connectivity index (χ0v) is 8.73. The second-order valence-corrected chi connectivity index (χ2v) is 4.27. The molecular weight excluding hydrogens is 178 g/mol. The average molecular weight is 195 g/mol. The lowest BCUT2D eigenvalue weighted by atomic mass is 9.87. The second-order valence-electron chi connectivity index (χ2n) is 4.27. The summed E-state index contributed by atoms with van der Waals surface area (Å²) in [5.74, 6) is 0.910. The van der Waals surface area contributed by atoms with Crippen molar-refractivity contribution >= 4 is 11.7 Å². The first kappa shape index (κ1) is 9.49. The predicted octanol–water partition coefficient (Wildman–Crippen LogP) is 0.373. The van der Waals surface area contributed by atoms with Crippen molar-refractivity contribution < 1.29 is 4.79 Å². The number of hydrogen-bond acceptors (Lipinski definition) is 4. The van der Waals surface area contributed by atoms with Gasteiger partial charge in [-0.25, -0.2) is 4.99 Å². The number of guanidine groups is 1. The summed E-state index contributed by atoms with van der Waals surface area (Å²) in [6.07, 6.45) is 2.20. The van der Waals surface area contributed by atoms with Gasteiger partial charge >= 0.3 is 0 Å². The Hall–Kier alpha value is -1.06. The smallest absolute Gasteiger partial charge is 0.191 e. The number of ketones is 1. The van der Waals surface area contributed by atoms with Gasteiger partial charge in [0.05, 0.1) is 12.0 Å². The Morgan fingerprint density at radius 1 is 1.64 bits per heavy atom. The highest BCUT2D eigenvalue weighted by Crippen LogP contribution is 2.31. The van der Waals surface area contributed by atoms with Gasteiger partial charge in [-0.05, 0) is 26.7 Å². The molecule has 0 saturated carbocycles. The molecule has 0 aromatic heterocycles. The van der Waals surface area contributed by atoms with Crippen molar-refractivity contribution in [1.29, 1.82) is 0 Å². The highest BCUT2D eigenvalue weighted by atomic mass is 16.1. The highest BCUT2D eigenvalue weighted by Gasteiger charge is 2.41. The summed E-state index contributed by atoms with van der Waals surface area (Å²) in [5, 5.41) is 0. The lowest BCUT2D eigenvalue weighted by Gasteiger charge is -2.37. The first-order chi connectivity index (χ1) is 6.61.